The lowest BCUT2D eigenvalue weighted by Crippen LogP contribution is -2.48. The highest BCUT2D eigenvalue weighted by Crippen LogP contribution is 2.14. The molecule has 1 aromatic rings. The molecule has 0 atom stereocenters. The van der Waals surface area contributed by atoms with Crippen LogP contribution < -0.4 is 26.2 Å². The lowest BCUT2D eigenvalue weighted by Gasteiger charge is -2.15. The maximum atomic E-state index is 5.17. The molecule has 0 saturated heterocycles. The molecule has 0 fully saturated rings. The third kappa shape index (κ3) is 7.67. The van der Waals surface area contributed by atoms with Crippen molar-refractivity contribution in [3.63, 3.8) is 0 Å². The van der Waals surface area contributed by atoms with E-state index in [1.54, 1.807) is 7.11 Å². The molecule has 0 bridgehead atoms. The van der Waals surface area contributed by atoms with Crippen LogP contribution in [0.1, 0.15) is 20.3 Å². The van der Waals surface area contributed by atoms with Gasteiger partial charge in [0.05, 0.1) is 7.11 Å². The number of rotatable bonds is 5. The minimum Gasteiger partial charge on any atom is -0.497 e. The molecule has 0 unspecified atom stereocenters. The van der Waals surface area contributed by atoms with Gasteiger partial charge in [-0.15, -0.1) is 0 Å². The number of ether oxygens (including phenoxy) is 1. The molecular formula is C14H22N4OS2. The van der Waals surface area contributed by atoms with Gasteiger partial charge in [0, 0.05) is 12.2 Å². The summed E-state index contributed by atoms with van der Waals surface area (Å²) in [5.74, 6) is 1.44. The largest absolute Gasteiger partial charge is 0.497 e. The van der Waals surface area contributed by atoms with Crippen molar-refractivity contribution in [1.29, 1.82) is 0 Å². The summed E-state index contributed by atoms with van der Waals surface area (Å²) in [6.07, 6.45) is 1.07. The number of nitrogens with one attached hydrogen (secondary N) is 4. The highest BCUT2D eigenvalue weighted by molar-refractivity contribution is 7.80. The number of methoxy groups -OCH3 is 1. The first-order valence-corrected chi connectivity index (χ1v) is 7.57. The molecule has 1 rings (SSSR count). The van der Waals surface area contributed by atoms with Crippen molar-refractivity contribution in [2.24, 2.45) is 5.92 Å². The fourth-order valence-electron chi connectivity index (χ4n) is 1.47. The molecule has 1 aromatic carbocycles. The maximum Gasteiger partial charge on any atom is 0.189 e. The second-order valence-electron chi connectivity index (χ2n) is 4.87. The summed E-state index contributed by atoms with van der Waals surface area (Å²) in [4.78, 5) is 0. The molecule has 7 heteroatoms. The molecule has 4 N–H and O–H groups in total. The topological polar surface area (TPSA) is 57.4 Å². The second-order valence-corrected chi connectivity index (χ2v) is 5.69. The number of hydrogen-bond donors (Lipinski definition) is 4. The molecule has 0 heterocycles. The van der Waals surface area contributed by atoms with E-state index < -0.39 is 0 Å². The third-order valence-electron chi connectivity index (χ3n) is 2.64. The molecule has 21 heavy (non-hydrogen) atoms. The van der Waals surface area contributed by atoms with Crippen molar-refractivity contribution in [2.45, 2.75) is 20.3 Å². The van der Waals surface area contributed by atoms with Crippen LogP contribution in [-0.2, 0) is 0 Å². The van der Waals surface area contributed by atoms with Crippen LogP contribution in [0.5, 0.6) is 5.75 Å². The lowest BCUT2D eigenvalue weighted by molar-refractivity contribution is 0.415. The minimum absolute atomic E-state index is 0.438. The molecule has 0 aliphatic heterocycles. The van der Waals surface area contributed by atoms with Crippen LogP contribution in [0.2, 0.25) is 0 Å². The van der Waals surface area contributed by atoms with Gasteiger partial charge in [-0.3, -0.25) is 10.9 Å². The highest BCUT2D eigenvalue weighted by atomic mass is 32.1. The number of hydrogen-bond acceptors (Lipinski definition) is 3. The molecule has 0 saturated carbocycles. The summed E-state index contributed by atoms with van der Waals surface area (Å²) in [6, 6.07) is 7.48. The minimum atomic E-state index is 0.438. The van der Waals surface area contributed by atoms with E-state index in [9.17, 15) is 0 Å². The second kappa shape index (κ2) is 9.36. The maximum absolute atomic E-state index is 5.17. The predicted octanol–water partition coefficient (Wildman–Crippen LogP) is 2.41. The van der Waals surface area contributed by atoms with Crippen molar-refractivity contribution in [3.8, 4) is 5.75 Å². The zero-order valence-corrected chi connectivity index (χ0v) is 14.2. The Balaban J connectivity index is 2.25. The molecule has 0 spiro atoms. The Hall–Kier alpha value is -1.60. The van der Waals surface area contributed by atoms with E-state index in [1.807, 2.05) is 24.3 Å². The first-order chi connectivity index (χ1) is 10.0. The van der Waals surface area contributed by atoms with Gasteiger partial charge in [0.15, 0.2) is 10.2 Å². The molecule has 0 aliphatic carbocycles. The van der Waals surface area contributed by atoms with Gasteiger partial charge in [-0.2, -0.15) is 0 Å². The van der Waals surface area contributed by atoms with Gasteiger partial charge in [0.1, 0.15) is 5.75 Å². The Morgan fingerprint density at radius 3 is 2.29 bits per heavy atom. The van der Waals surface area contributed by atoms with Gasteiger partial charge < -0.3 is 15.4 Å². The van der Waals surface area contributed by atoms with Gasteiger partial charge in [-0.25, -0.2) is 0 Å². The molecular weight excluding hydrogens is 304 g/mol. The quantitative estimate of drug-likeness (QED) is 0.490. The summed E-state index contributed by atoms with van der Waals surface area (Å²) < 4.78 is 5.09. The monoisotopic (exact) mass is 326 g/mol. The van der Waals surface area contributed by atoms with E-state index >= 15 is 0 Å². The lowest BCUT2D eigenvalue weighted by atomic mass is 10.1. The normalized spacial score (nSPS) is 9.90. The van der Waals surface area contributed by atoms with Crippen LogP contribution in [0.3, 0.4) is 0 Å². The van der Waals surface area contributed by atoms with Crippen LogP contribution in [0.4, 0.5) is 5.69 Å². The fourth-order valence-corrected chi connectivity index (χ4v) is 1.79. The Labute approximate surface area is 136 Å². The fraction of sp³-hybridized carbons (Fsp3) is 0.429. The number of thiocarbonyl (C=S) groups is 2. The SMILES string of the molecule is COc1ccc(NC(=S)NNC(=S)NCCC(C)C)cc1. The van der Waals surface area contributed by atoms with E-state index in [0.717, 1.165) is 24.4 Å². The zero-order chi connectivity index (χ0) is 15.7. The van der Waals surface area contributed by atoms with Gasteiger partial charge in [0.25, 0.3) is 0 Å². The summed E-state index contributed by atoms with van der Waals surface area (Å²) in [5.41, 5.74) is 6.54. The Kier molecular flexibility index (Phi) is 7.78. The number of anilines is 1. The van der Waals surface area contributed by atoms with Crippen LogP contribution >= 0.6 is 24.4 Å². The van der Waals surface area contributed by atoms with Gasteiger partial charge in [-0.1, -0.05) is 13.8 Å². The summed E-state index contributed by atoms with van der Waals surface area (Å²) in [6.45, 7) is 5.18. The van der Waals surface area contributed by atoms with Crippen LogP contribution in [0, 0.1) is 5.92 Å². The summed E-state index contributed by atoms with van der Waals surface area (Å²) >= 11 is 10.3. The first kappa shape index (κ1) is 17.5. The van der Waals surface area contributed by atoms with Crippen LogP contribution in [0.15, 0.2) is 24.3 Å². The average molecular weight is 326 g/mol. The van der Waals surface area contributed by atoms with E-state index in [-0.39, 0.29) is 0 Å². The van der Waals surface area contributed by atoms with Crippen LogP contribution in [0.25, 0.3) is 0 Å². The molecule has 0 radical (unpaired) electrons. The van der Waals surface area contributed by atoms with Crippen molar-refractivity contribution >= 4 is 40.3 Å². The predicted molar refractivity (Wildman–Crippen MR) is 95.5 cm³/mol. The molecule has 0 aliphatic rings. The van der Waals surface area contributed by atoms with Crippen molar-refractivity contribution < 1.29 is 4.74 Å². The van der Waals surface area contributed by atoms with E-state index in [2.05, 4.69) is 35.3 Å². The number of benzene rings is 1. The molecule has 116 valence electrons. The highest BCUT2D eigenvalue weighted by Gasteiger charge is 2.00. The Morgan fingerprint density at radius 1 is 1.10 bits per heavy atom. The Bertz CT molecular complexity index is 463. The smallest absolute Gasteiger partial charge is 0.189 e. The molecule has 5 nitrogen and oxygen atoms in total. The van der Waals surface area contributed by atoms with Crippen molar-refractivity contribution in [1.82, 2.24) is 16.2 Å². The molecule has 0 amide bonds. The van der Waals surface area contributed by atoms with E-state index in [4.69, 9.17) is 29.2 Å². The first-order valence-electron chi connectivity index (χ1n) is 6.76. The van der Waals surface area contributed by atoms with E-state index in [1.165, 1.54) is 0 Å². The van der Waals surface area contributed by atoms with Crippen molar-refractivity contribution in [3.05, 3.63) is 24.3 Å². The number of hydrazine groups is 1. The van der Waals surface area contributed by atoms with Gasteiger partial charge in [-0.05, 0) is 61.0 Å². The Morgan fingerprint density at radius 2 is 1.71 bits per heavy atom. The zero-order valence-electron chi connectivity index (χ0n) is 12.5. The average Bonchev–Trinajstić information content (AvgIpc) is 2.45. The van der Waals surface area contributed by atoms with Crippen LogP contribution in [-0.4, -0.2) is 23.9 Å². The third-order valence-corrected chi connectivity index (χ3v) is 3.10. The standard InChI is InChI=1S/C14H22N4OS2/c1-10(2)8-9-15-13(20)17-18-14(21)16-11-4-6-12(19-3)7-5-11/h4-7,10H,8-9H2,1-3H3,(H2,15,17,20)(H2,16,18,21). The van der Waals surface area contributed by atoms with Crippen molar-refractivity contribution in [2.75, 3.05) is 19.0 Å². The summed E-state index contributed by atoms with van der Waals surface area (Å²) in [7, 11) is 1.63. The summed E-state index contributed by atoms with van der Waals surface area (Å²) in [5, 5.41) is 7.10. The van der Waals surface area contributed by atoms with E-state index in [0.29, 0.717) is 16.1 Å². The molecule has 0 aromatic heterocycles. The van der Waals surface area contributed by atoms with Gasteiger partial charge >= 0.3 is 0 Å². The van der Waals surface area contributed by atoms with Gasteiger partial charge in [0.2, 0.25) is 0 Å².